The number of primary amides is 1. The molecule has 1 atom stereocenters. The first-order valence-electron chi connectivity index (χ1n) is 6.95. The molecule has 1 aromatic carbocycles. The van der Waals surface area contributed by atoms with Crippen molar-refractivity contribution in [2.24, 2.45) is 17.4 Å². The average Bonchev–Trinajstić information content (AvgIpc) is 3.30. The van der Waals surface area contributed by atoms with Crippen LogP contribution in [0.15, 0.2) is 23.1 Å². The topological polar surface area (TPSA) is 125 Å². The number of methoxy groups -OCH3 is 1. The Labute approximate surface area is 142 Å². The van der Waals surface area contributed by atoms with Crippen LogP contribution in [0.1, 0.15) is 30.1 Å². The Balaban J connectivity index is 0.00000264. The van der Waals surface area contributed by atoms with E-state index >= 15 is 0 Å². The van der Waals surface area contributed by atoms with Gasteiger partial charge in [0.2, 0.25) is 10.0 Å². The first-order chi connectivity index (χ1) is 10.2. The van der Waals surface area contributed by atoms with Gasteiger partial charge in [0, 0.05) is 12.1 Å². The van der Waals surface area contributed by atoms with Crippen molar-refractivity contribution in [3.63, 3.8) is 0 Å². The van der Waals surface area contributed by atoms with Crippen molar-refractivity contribution in [1.29, 1.82) is 0 Å². The highest BCUT2D eigenvalue weighted by molar-refractivity contribution is 7.89. The zero-order valence-electron chi connectivity index (χ0n) is 13.0. The number of hydrogen-bond donors (Lipinski definition) is 3. The number of carbonyl (C=O) groups is 1. The summed E-state index contributed by atoms with van der Waals surface area (Å²) in [5.74, 6) is -0.283. The summed E-state index contributed by atoms with van der Waals surface area (Å²) in [5, 5.41) is 0. The summed E-state index contributed by atoms with van der Waals surface area (Å²) in [6.07, 6.45) is 1.90. The molecular weight excluding hydrogens is 342 g/mol. The monoisotopic (exact) mass is 363 g/mol. The molecular formula is C14H22ClN3O4S. The third kappa shape index (κ3) is 4.14. The molecule has 1 aliphatic rings. The second-order valence-electron chi connectivity index (χ2n) is 5.73. The maximum atomic E-state index is 12.6. The molecule has 130 valence electrons. The fraction of sp³-hybridized carbons (Fsp3) is 0.500. The number of carbonyl (C=O) groups excluding carboxylic acids is 1. The first-order valence-corrected chi connectivity index (χ1v) is 8.43. The van der Waals surface area contributed by atoms with Crippen molar-refractivity contribution in [1.82, 2.24) is 4.72 Å². The lowest BCUT2D eigenvalue weighted by atomic mass is 9.98. The molecule has 1 saturated carbocycles. The second-order valence-corrected chi connectivity index (χ2v) is 7.41. The highest BCUT2D eigenvalue weighted by atomic mass is 35.5. The van der Waals surface area contributed by atoms with Gasteiger partial charge in [0.15, 0.2) is 0 Å². The minimum Gasteiger partial charge on any atom is -0.496 e. The Morgan fingerprint density at radius 2 is 2.04 bits per heavy atom. The van der Waals surface area contributed by atoms with Gasteiger partial charge in [-0.1, -0.05) is 0 Å². The minimum atomic E-state index is -3.81. The predicted molar refractivity (Wildman–Crippen MR) is 89.3 cm³/mol. The molecule has 2 rings (SSSR count). The highest BCUT2D eigenvalue weighted by Gasteiger charge is 2.43. The largest absolute Gasteiger partial charge is 0.496 e. The van der Waals surface area contributed by atoms with E-state index in [9.17, 15) is 13.2 Å². The Hall–Kier alpha value is -1.35. The fourth-order valence-corrected chi connectivity index (χ4v) is 3.93. The van der Waals surface area contributed by atoms with Gasteiger partial charge in [-0.25, -0.2) is 13.1 Å². The van der Waals surface area contributed by atoms with Crippen molar-refractivity contribution in [3.8, 4) is 5.75 Å². The summed E-state index contributed by atoms with van der Waals surface area (Å²) in [6, 6.07) is 4.00. The number of nitrogens with one attached hydrogen (secondary N) is 1. The zero-order valence-corrected chi connectivity index (χ0v) is 14.7. The summed E-state index contributed by atoms with van der Waals surface area (Å²) in [5.41, 5.74) is 10.3. The van der Waals surface area contributed by atoms with E-state index in [0.29, 0.717) is 0 Å². The molecule has 9 heteroatoms. The molecule has 1 amide bonds. The number of halogens is 1. The summed E-state index contributed by atoms with van der Waals surface area (Å²) < 4.78 is 32.8. The Bertz CT molecular complexity index is 691. The molecule has 0 aliphatic heterocycles. The van der Waals surface area contributed by atoms with E-state index in [1.165, 1.54) is 25.3 Å². The molecule has 23 heavy (non-hydrogen) atoms. The number of rotatable bonds is 7. The van der Waals surface area contributed by atoms with Gasteiger partial charge in [-0.05, 0) is 43.9 Å². The molecule has 1 aliphatic carbocycles. The quantitative estimate of drug-likeness (QED) is 0.655. The molecule has 0 spiro atoms. The van der Waals surface area contributed by atoms with Crippen LogP contribution in [0.25, 0.3) is 0 Å². The molecule has 7 nitrogen and oxygen atoms in total. The summed E-state index contributed by atoms with van der Waals surface area (Å²) >= 11 is 0. The Kier molecular flexibility index (Phi) is 6.03. The van der Waals surface area contributed by atoms with Gasteiger partial charge >= 0.3 is 0 Å². The molecule has 5 N–H and O–H groups in total. The van der Waals surface area contributed by atoms with E-state index < -0.39 is 21.5 Å². The van der Waals surface area contributed by atoms with Crippen LogP contribution < -0.4 is 20.9 Å². The maximum Gasteiger partial charge on any atom is 0.252 e. The lowest BCUT2D eigenvalue weighted by molar-refractivity contribution is 0.0997. The molecule has 1 aromatic rings. The average molecular weight is 364 g/mol. The number of hydrogen-bond acceptors (Lipinski definition) is 5. The second kappa shape index (κ2) is 7.04. The van der Waals surface area contributed by atoms with Crippen LogP contribution in [0.3, 0.4) is 0 Å². The zero-order chi connectivity index (χ0) is 16.5. The van der Waals surface area contributed by atoms with Crippen molar-refractivity contribution >= 4 is 28.3 Å². The van der Waals surface area contributed by atoms with Crippen LogP contribution >= 0.6 is 12.4 Å². The van der Waals surface area contributed by atoms with E-state index in [1.54, 1.807) is 6.92 Å². The van der Waals surface area contributed by atoms with Crippen LogP contribution in [-0.2, 0) is 10.0 Å². The van der Waals surface area contributed by atoms with Gasteiger partial charge in [0.05, 0.1) is 17.6 Å². The number of benzene rings is 1. The first kappa shape index (κ1) is 19.7. The summed E-state index contributed by atoms with van der Waals surface area (Å²) in [7, 11) is -2.43. The van der Waals surface area contributed by atoms with Gasteiger partial charge in [0.25, 0.3) is 5.91 Å². The normalized spacial score (nSPS) is 17.0. The van der Waals surface area contributed by atoms with E-state index in [1.807, 2.05) is 0 Å². The molecule has 1 unspecified atom stereocenters. The predicted octanol–water partition coefficient (Wildman–Crippen LogP) is 0.622. The third-order valence-electron chi connectivity index (χ3n) is 4.02. The molecule has 0 saturated heterocycles. The number of amides is 1. The molecule has 0 aromatic heterocycles. The van der Waals surface area contributed by atoms with E-state index in [2.05, 4.69) is 4.72 Å². The molecule has 1 fully saturated rings. The Morgan fingerprint density at radius 1 is 1.43 bits per heavy atom. The van der Waals surface area contributed by atoms with Crippen molar-refractivity contribution in [2.45, 2.75) is 30.2 Å². The van der Waals surface area contributed by atoms with Crippen LogP contribution in [0, 0.1) is 5.92 Å². The lowest BCUT2D eigenvalue weighted by Crippen LogP contribution is -2.52. The standard InChI is InChI=1S/C14H21N3O4S.ClH/c1-14(8-15,9-3-4-9)17-22(19,20)10-5-6-12(21-2)11(7-10)13(16)18;/h5-7,9,17H,3-4,8,15H2,1-2H3,(H2,16,18);1H. The van der Waals surface area contributed by atoms with E-state index in [4.69, 9.17) is 16.2 Å². The van der Waals surface area contributed by atoms with Crippen LogP contribution in [0.5, 0.6) is 5.75 Å². The van der Waals surface area contributed by atoms with Gasteiger partial charge < -0.3 is 16.2 Å². The van der Waals surface area contributed by atoms with Gasteiger partial charge in [0.1, 0.15) is 5.75 Å². The number of nitrogens with two attached hydrogens (primary N) is 2. The van der Waals surface area contributed by atoms with Crippen molar-refractivity contribution in [2.75, 3.05) is 13.7 Å². The molecule has 0 radical (unpaired) electrons. The number of ether oxygens (including phenoxy) is 1. The summed E-state index contributed by atoms with van der Waals surface area (Å²) in [4.78, 5) is 11.4. The van der Waals surface area contributed by atoms with Crippen LogP contribution in [-0.4, -0.2) is 33.5 Å². The maximum absolute atomic E-state index is 12.6. The SMILES string of the molecule is COc1ccc(S(=O)(=O)NC(C)(CN)C2CC2)cc1C(N)=O.Cl. The highest BCUT2D eigenvalue weighted by Crippen LogP contribution is 2.39. The third-order valence-corrected chi connectivity index (χ3v) is 5.63. The van der Waals surface area contributed by atoms with Gasteiger partial charge in [-0.3, -0.25) is 4.79 Å². The fourth-order valence-electron chi connectivity index (χ4n) is 2.42. The lowest BCUT2D eigenvalue weighted by Gasteiger charge is -2.29. The van der Waals surface area contributed by atoms with Crippen molar-refractivity contribution < 1.29 is 17.9 Å². The van der Waals surface area contributed by atoms with E-state index in [0.717, 1.165) is 12.8 Å². The van der Waals surface area contributed by atoms with E-state index in [-0.39, 0.29) is 41.1 Å². The number of sulfonamides is 1. The molecule has 0 heterocycles. The Morgan fingerprint density at radius 3 is 2.48 bits per heavy atom. The van der Waals surface area contributed by atoms with Gasteiger partial charge in [-0.15, -0.1) is 12.4 Å². The smallest absolute Gasteiger partial charge is 0.252 e. The minimum absolute atomic E-state index is 0. The van der Waals surface area contributed by atoms with Gasteiger partial charge in [-0.2, -0.15) is 0 Å². The van der Waals surface area contributed by atoms with Crippen LogP contribution in [0.4, 0.5) is 0 Å². The summed E-state index contributed by atoms with van der Waals surface area (Å²) in [6.45, 7) is 2.00. The van der Waals surface area contributed by atoms with Crippen LogP contribution in [0.2, 0.25) is 0 Å². The van der Waals surface area contributed by atoms with Crippen molar-refractivity contribution in [3.05, 3.63) is 23.8 Å². The molecule has 0 bridgehead atoms.